The number of nitrogens with one attached hydrogen (secondary N) is 1. The Labute approximate surface area is 146 Å². The normalized spacial score (nSPS) is 12.4. The van der Waals surface area contributed by atoms with E-state index in [1.54, 1.807) is 0 Å². The van der Waals surface area contributed by atoms with E-state index in [0.717, 1.165) is 22.2 Å². The molecule has 0 bridgehead atoms. The van der Waals surface area contributed by atoms with Gasteiger partial charge in [-0.05, 0) is 65.3 Å². The summed E-state index contributed by atoms with van der Waals surface area (Å²) in [7, 11) is 1.96. The number of thioether (sulfide) groups is 1. The monoisotopic (exact) mass is 431 g/mol. The van der Waals surface area contributed by atoms with Crippen molar-refractivity contribution in [2.24, 2.45) is 0 Å². The molecule has 21 heavy (non-hydrogen) atoms. The lowest BCUT2D eigenvalue weighted by atomic mass is 10.1. The Morgan fingerprint density at radius 2 is 2.00 bits per heavy atom. The fourth-order valence-corrected chi connectivity index (χ4v) is 3.99. The van der Waals surface area contributed by atoms with Gasteiger partial charge < -0.3 is 5.32 Å². The van der Waals surface area contributed by atoms with Crippen LogP contribution in [0, 0.1) is 5.82 Å². The molecule has 0 radical (unpaired) electrons. The average molecular weight is 433 g/mol. The second-order valence-electron chi connectivity index (χ2n) is 4.71. The van der Waals surface area contributed by atoms with Crippen LogP contribution in [0.5, 0.6) is 0 Å². The fraction of sp³-hybridized carbons (Fsp3) is 0.250. The van der Waals surface area contributed by atoms with Gasteiger partial charge in [-0.2, -0.15) is 0 Å². The maximum atomic E-state index is 13.3. The van der Waals surface area contributed by atoms with E-state index in [1.807, 2.05) is 43.1 Å². The molecule has 1 atom stereocenters. The summed E-state index contributed by atoms with van der Waals surface area (Å²) in [6.07, 6.45) is 0.871. The molecule has 0 aromatic heterocycles. The van der Waals surface area contributed by atoms with E-state index >= 15 is 0 Å². The number of halogens is 3. The Hall–Kier alpha value is -0.360. The van der Waals surface area contributed by atoms with Crippen molar-refractivity contribution in [1.82, 2.24) is 5.32 Å². The van der Waals surface area contributed by atoms with Gasteiger partial charge in [-0.1, -0.05) is 28.1 Å². The molecule has 5 heteroatoms. The quantitative estimate of drug-likeness (QED) is 0.623. The SMILES string of the molecule is CNC(CSc1cccc(Br)c1)Cc1ccc(F)c(Br)c1. The molecule has 2 aromatic rings. The van der Waals surface area contributed by atoms with Crippen LogP contribution < -0.4 is 5.32 Å². The van der Waals surface area contributed by atoms with Gasteiger partial charge in [0.05, 0.1) is 4.47 Å². The van der Waals surface area contributed by atoms with Crippen LogP contribution in [-0.2, 0) is 6.42 Å². The van der Waals surface area contributed by atoms with E-state index in [0.29, 0.717) is 10.5 Å². The van der Waals surface area contributed by atoms with E-state index in [9.17, 15) is 4.39 Å². The summed E-state index contributed by atoms with van der Waals surface area (Å²) in [5, 5.41) is 3.33. The summed E-state index contributed by atoms with van der Waals surface area (Å²) in [6, 6.07) is 13.8. The molecule has 1 unspecified atom stereocenters. The molecule has 2 rings (SSSR count). The zero-order valence-corrected chi connectivity index (χ0v) is 15.6. The summed E-state index contributed by atoms with van der Waals surface area (Å²) >= 11 is 8.54. The molecule has 0 aliphatic rings. The topological polar surface area (TPSA) is 12.0 Å². The summed E-state index contributed by atoms with van der Waals surface area (Å²) in [5.74, 6) is 0.741. The van der Waals surface area contributed by atoms with Crippen molar-refractivity contribution in [2.75, 3.05) is 12.8 Å². The maximum absolute atomic E-state index is 13.3. The second-order valence-corrected chi connectivity index (χ2v) is 7.57. The van der Waals surface area contributed by atoms with Crippen LogP contribution in [0.2, 0.25) is 0 Å². The first-order valence-corrected chi connectivity index (χ1v) is 9.15. The standard InChI is InChI=1S/C16H16Br2FNS/c1-20-13(7-11-5-6-16(19)15(18)8-11)10-21-14-4-2-3-12(17)9-14/h2-6,8-9,13,20H,7,10H2,1H3. The van der Waals surface area contributed by atoms with Crippen molar-refractivity contribution < 1.29 is 4.39 Å². The van der Waals surface area contributed by atoms with Gasteiger partial charge in [0.1, 0.15) is 5.82 Å². The number of benzene rings is 2. The van der Waals surface area contributed by atoms with Crippen molar-refractivity contribution in [3.8, 4) is 0 Å². The summed E-state index contributed by atoms with van der Waals surface area (Å²) in [6.45, 7) is 0. The molecule has 0 aliphatic heterocycles. The predicted molar refractivity (Wildman–Crippen MR) is 95.5 cm³/mol. The van der Waals surface area contributed by atoms with Gasteiger partial charge in [0.25, 0.3) is 0 Å². The van der Waals surface area contributed by atoms with Crippen LogP contribution in [0.4, 0.5) is 4.39 Å². The van der Waals surface area contributed by atoms with E-state index < -0.39 is 0 Å². The van der Waals surface area contributed by atoms with E-state index in [2.05, 4.69) is 49.3 Å². The number of rotatable bonds is 6. The van der Waals surface area contributed by atoms with Gasteiger partial charge in [0.15, 0.2) is 0 Å². The molecule has 0 spiro atoms. The highest BCUT2D eigenvalue weighted by Crippen LogP contribution is 2.24. The summed E-state index contributed by atoms with van der Waals surface area (Å²) in [5.41, 5.74) is 1.12. The Bertz CT molecular complexity index is 607. The van der Waals surface area contributed by atoms with Crippen molar-refractivity contribution in [2.45, 2.75) is 17.4 Å². The van der Waals surface area contributed by atoms with Crippen LogP contribution in [0.3, 0.4) is 0 Å². The summed E-state index contributed by atoms with van der Waals surface area (Å²) in [4.78, 5) is 1.24. The predicted octanol–water partition coefficient (Wildman–Crippen LogP) is 5.27. The highest BCUT2D eigenvalue weighted by Gasteiger charge is 2.10. The van der Waals surface area contributed by atoms with Crippen molar-refractivity contribution in [3.63, 3.8) is 0 Å². The van der Waals surface area contributed by atoms with Gasteiger partial charge in [0.2, 0.25) is 0 Å². The molecular weight excluding hydrogens is 417 g/mol. The minimum atomic E-state index is -0.219. The molecule has 1 nitrogen and oxygen atoms in total. The lowest BCUT2D eigenvalue weighted by Crippen LogP contribution is -2.30. The fourth-order valence-electron chi connectivity index (χ4n) is 1.95. The Balaban J connectivity index is 1.95. The van der Waals surface area contributed by atoms with Crippen LogP contribution >= 0.6 is 43.6 Å². The molecule has 2 aromatic carbocycles. The lowest BCUT2D eigenvalue weighted by Gasteiger charge is -2.16. The molecule has 112 valence electrons. The number of hydrogen-bond donors (Lipinski definition) is 1. The third-order valence-electron chi connectivity index (χ3n) is 3.12. The van der Waals surface area contributed by atoms with Crippen molar-refractivity contribution in [3.05, 3.63) is 62.8 Å². The zero-order valence-electron chi connectivity index (χ0n) is 11.6. The molecular formula is C16H16Br2FNS. The molecule has 0 amide bonds. The van der Waals surface area contributed by atoms with Crippen LogP contribution in [0.1, 0.15) is 5.56 Å². The number of hydrogen-bond acceptors (Lipinski definition) is 2. The highest BCUT2D eigenvalue weighted by atomic mass is 79.9. The molecule has 0 heterocycles. The first-order valence-electron chi connectivity index (χ1n) is 6.58. The Kier molecular flexibility index (Phi) is 6.74. The molecule has 0 fully saturated rings. The van der Waals surface area contributed by atoms with E-state index in [1.165, 1.54) is 11.0 Å². The third kappa shape index (κ3) is 5.40. The van der Waals surface area contributed by atoms with Crippen LogP contribution in [-0.4, -0.2) is 18.8 Å². The van der Waals surface area contributed by atoms with Gasteiger partial charge in [-0.15, -0.1) is 11.8 Å². The molecule has 0 saturated heterocycles. The van der Waals surface area contributed by atoms with Crippen molar-refractivity contribution in [1.29, 1.82) is 0 Å². The van der Waals surface area contributed by atoms with Gasteiger partial charge in [-0.25, -0.2) is 4.39 Å². The largest absolute Gasteiger partial charge is 0.316 e. The van der Waals surface area contributed by atoms with E-state index in [4.69, 9.17) is 0 Å². The van der Waals surface area contributed by atoms with Crippen molar-refractivity contribution >= 4 is 43.6 Å². The van der Waals surface area contributed by atoms with Crippen LogP contribution in [0.15, 0.2) is 56.3 Å². The molecule has 1 N–H and O–H groups in total. The van der Waals surface area contributed by atoms with Gasteiger partial charge >= 0.3 is 0 Å². The third-order valence-corrected chi connectivity index (χ3v) is 5.38. The second kappa shape index (κ2) is 8.32. The van der Waals surface area contributed by atoms with Gasteiger partial charge in [-0.3, -0.25) is 0 Å². The first-order chi connectivity index (χ1) is 10.1. The molecule has 0 aliphatic carbocycles. The van der Waals surface area contributed by atoms with Crippen LogP contribution in [0.25, 0.3) is 0 Å². The summed E-state index contributed by atoms with van der Waals surface area (Å²) < 4.78 is 14.9. The first kappa shape index (κ1) is 17.0. The lowest BCUT2D eigenvalue weighted by molar-refractivity contribution is 0.606. The number of likely N-dealkylation sites (N-methyl/N-ethyl adjacent to an activating group) is 1. The van der Waals surface area contributed by atoms with E-state index in [-0.39, 0.29) is 5.82 Å². The minimum Gasteiger partial charge on any atom is -0.316 e. The molecule has 0 saturated carbocycles. The Morgan fingerprint density at radius 1 is 1.19 bits per heavy atom. The minimum absolute atomic E-state index is 0.219. The zero-order chi connectivity index (χ0) is 15.2. The average Bonchev–Trinajstić information content (AvgIpc) is 2.47. The maximum Gasteiger partial charge on any atom is 0.137 e. The van der Waals surface area contributed by atoms with Gasteiger partial charge in [0, 0.05) is 21.2 Å². The smallest absolute Gasteiger partial charge is 0.137 e. The Morgan fingerprint density at radius 3 is 2.67 bits per heavy atom. The highest BCUT2D eigenvalue weighted by molar-refractivity contribution is 9.10.